The highest BCUT2D eigenvalue weighted by Gasteiger charge is 2.67. The van der Waals surface area contributed by atoms with Gasteiger partial charge >= 0.3 is 0 Å². The lowest BCUT2D eigenvalue weighted by atomic mass is 9.63. The van der Waals surface area contributed by atoms with E-state index in [2.05, 4.69) is 28.1 Å². The molecule has 6 atom stereocenters. The number of carbonyl (C=O) groups is 3. The lowest BCUT2D eigenvalue weighted by Crippen LogP contribution is -2.45. The highest BCUT2D eigenvalue weighted by Crippen LogP contribution is 2.65. The zero-order valence-electron chi connectivity index (χ0n) is 18.4. The predicted molar refractivity (Wildman–Crippen MR) is 128 cm³/mol. The number of aryl methyl sites for hydroxylation is 1. The predicted octanol–water partition coefficient (Wildman–Crippen LogP) is 4.67. The average Bonchev–Trinajstić information content (AvgIpc) is 3.62. The molecule has 1 aliphatic heterocycles. The Morgan fingerprint density at radius 2 is 1.58 bits per heavy atom. The number of hydrogen-bond donors (Lipinski definition) is 0. The normalized spacial score (nSPS) is 30.9. The van der Waals surface area contributed by atoms with Crippen molar-refractivity contribution in [2.24, 2.45) is 35.5 Å². The number of hydrogen-bond acceptors (Lipinski definition) is 3. The molecule has 3 amide bonds. The summed E-state index contributed by atoms with van der Waals surface area (Å²) in [7, 11) is 0. The second-order valence-electron chi connectivity index (χ2n) is 9.62. The van der Waals surface area contributed by atoms with Gasteiger partial charge in [0.25, 0.3) is 5.91 Å². The maximum Gasteiger partial charge on any atom is 0.259 e. The van der Waals surface area contributed by atoms with Gasteiger partial charge in [-0.15, -0.1) is 0 Å². The van der Waals surface area contributed by atoms with Gasteiger partial charge in [0.1, 0.15) is 6.67 Å². The number of para-hydroxylation sites is 1. The van der Waals surface area contributed by atoms with Crippen LogP contribution in [0.25, 0.3) is 0 Å². The van der Waals surface area contributed by atoms with Crippen molar-refractivity contribution in [3.05, 3.63) is 76.3 Å². The molecule has 2 aromatic carbocycles. The molecule has 168 valence electrons. The SMILES string of the molecule is CCc1ccccc1N(CN1C(=O)C2C3C=CC(C4CC34)C2C1=O)C(=O)c1ccc(Br)cc1. The molecule has 2 bridgehead atoms. The number of rotatable bonds is 5. The van der Waals surface area contributed by atoms with Crippen molar-refractivity contribution in [1.82, 2.24) is 4.90 Å². The van der Waals surface area contributed by atoms with Crippen molar-refractivity contribution in [3.63, 3.8) is 0 Å². The lowest BCUT2D eigenvalue weighted by molar-refractivity contribution is -0.140. The number of carbonyl (C=O) groups excluding carboxylic acids is 3. The molecule has 2 saturated carbocycles. The summed E-state index contributed by atoms with van der Waals surface area (Å²) < 4.78 is 0.884. The van der Waals surface area contributed by atoms with Crippen LogP contribution in [0.5, 0.6) is 0 Å². The number of benzene rings is 2. The molecule has 0 radical (unpaired) electrons. The van der Waals surface area contributed by atoms with Crippen molar-refractivity contribution in [1.29, 1.82) is 0 Å². The Hall–Kier alpha value is -2.73. The molecular weight excluding hydrogens is 480 g/mol. The number of amides is 3. The molecule has 5 nitrogen and oxygen atoms in total. The van der Waals surface area contributed by atoms with Gasteiger partial charge in [-0.25, -0.2) is 0 Å². The molecular formula is C27H25BrN2O3. The van der Waals surface area contributed by atoms with Crippen LogP contribution in [0.2, 0.25) is 0 Å². The van der Waals surface area contributed by atoms with E-state index in [1.807, 2.05) is 43.3 Å². The van der Waals surface area contributed by atoms with E-state index in [4.69, 9.17) is 0 Å². The van der Waals surface area contributed by atoms with Gasteiger partial charge in [-0.05, 0) is 72.4 Å². The van der Waals surface area contributed by atoms with Gasteiger partial charge in [0, 0.05) is 15.7 Å². The number of likely N-dealkylation sites (tertiary alicyclic amines) is 1. The molecule has 5 aliphatic rings. The standard InChI is InChI=1S/C27H25BrN2O3/c1-2-15-5-3-4-6-22(15)29(25(31)16-7-9-17(28)10-8-16)14-30-26(32)23-18-11-12-19(21-13-20(18)21)24(23)27(30)33/h3-12,18-21,23-24H,2,13-14H2,1H3. The van der Waals surface area contributed by atoms with E-state index in [-0.39, 0.29) is 48.1 Å². The number of allylic oxidation sites excluding steroid dienone is 2. The zero-order chi connectivity index (χ0) is 22.9. The van der Waals surface area contributed by atoms with Gasteiger partial charge in [-0.2, -0.15) is 0 Å². The highest BCUT2D eigenvalue weighted by atomic mass is 79.9. The van der Waals surface area contributed by atoms with E-state index in [1.54, 1.807) is 17.0 Å². The fourth-order valence-electron chi connectivity index (χ4n) is 6.37. The van der Waals surface area contributed by atoms with Crippen LogP contribution in [0.3, 0.4) is 0 Å². The Bertz CT molecular complexity index is 1150. The van der Waals surface area contributed by atoms with Crippen LogP contribution in [0.1, 0.15) is 29.3 Å². The third-order valence-electron chi connectivity index (χ3n) is 8.04. The monoisotopic (exact) mass is 504 g/mol. The second kappa shape index (κ2) is 7.66. The molecule has 7 rings (SSSR count). The molecule has 3 fully saturated rings. The van der Waals surface area contributed by atoms with Gasteiger partial charge in [0.05, 0.1) is 11.8 Å². The van der Waals surface area contributed by atoms with Crippen LogP contribution in [0.15, 0.2) is 65.2 Å². The third kappa shape index (κ3) is 3.14. The van der Waals surface area contributed by atoms with Gasteiger partial charge in [-0.1, -0.05) is 53.2 Å². The summed E-state index contributed by atoms with van der Waals surface area (Å²) in [6.07, 6.45) is 6.22. The van der Waals surface area contributed by atoms with E-state index < -0.39 is 0 Å². The molecule has 1 saturated heterocycles. The molecule has 33 heavy (non-hydrogen) atoms. The second-order valence-corrected chi connectivity index (χ2v) is 10.5. The maximum absolute atomic E-state index is 13.7. The Balaban J connectivity index is 1.36. The fourth-order valence-corrected chi connectivity index (χ4v) is 6.64. The van der Waals surface area contributed by atoms with Crippen LogP contribution < -0.4 is 4.90 Å². The summed E-state index contributed by atoms with van der Waals surface area (Å²) >= 11 is 3.42. The number of halogens is 1. The average molecular weight is 505 g/mol. The van der Waals surface area contributed by atoms with Crippen molar-refractivity contribution >= 4 is 39.3 Å². The summed E-state index contributed by atoms with van der Waals surface area (Å²) in [6, 6.07) is 14.9. The molecule has 0 aromatic heterocycles. The first kappa shape index (κ1) is 20.8. The molecule has 1 heterocycles. The van der Waals surface area contributed by atoms with Crippen LogP contribution in [0.4, 0.5) is 5.69 Å². The summed E-state index contributed by atoms with van der Waals surface area (Å²) in [5.41, 5.74) is 2.26. The Morgan fingerprint density at radius 3 is 2.18 bits per heavy atom. The van der Waals surface area contributed by atoms with Gasteiger partial charge in [-0.3, -0.25) is 24.2 Å². The lowest BCUT2D eigenvalue weighted by Gasteiger charge is -2.37. The maximum atomic E-state index is 13.7. The van der Waals surface area contributed by atoms with E-state index in [0.29, 0.717) is 17.4 Å². The van der Waals surface area contributed by atoms with Crippen molar-refractivity contribution in [3.8, 4) is 0 Å². The number of imide groups is 1. The zero-order valence-corrected chi connectivity index (χ0v) is 19.9. The first-order valence-corrected chi connectivity index (χ1v) is 12.5. The van der Waals surface area contributed by atoms with Crippen LogP contribution >= 0.6 is 15.9 Å². The summed E-state index contributed by atoms with van der Waals surface area (Å²) in [6.45, 7) is 1.99. The van der Waals surface area contributed by atoms with Gasteiger partial charge in [0.2, 0.25) is 11.8 Å². The minimum Gasteiger partial charge on any atom is -0.289 e. The van der Waals surface area contributed by atoms with Crippen LogP contribution in [0, 0.1) is 35.5 Å². The highest BCUT2D eigenvalue weighted by molar-refractivity contribution is 9.10. The van der Waals surface area contributed by atoms with Crippen molar-refractivity contribution in [2.75, 3.05) is 11.6 Å². The van der Waals surface area contributed by atoms with Gasteiger partial charge < -0.3 is 0 Å². The number of nitrogens with zero attached hydrogens (tertiary/aromatic N) is 2. The van der Waals surface area contributed by atoms with E-state index in [1.165, 1.54) is 4.90 Å². The van der Waals surface area contributed by atoms with Crippen LogP contribution in [-0.2, 0) is 16.0 Å². The molecule has 2 aromatic rings. The number of anilines is 1. The van der Waals surface area contributed by atoms with E-state index >= 15 is 0 Å². The molecule has 0 N–H and O–H groups in total. The molecule has 0 spiro atoms. The van der Waals surface area contributed by atoms with Crippen molar-refractivity contribution < 1.29 is 14.4 Å². The van der Waals surface area contributed by atoms with Crippen molar-refractivity contribution in [2.45, 2.75) is 19.8 Å². The minimum atomic E-state index is -0.262. The molecule has 6 unspecified atom stereocenters. The summed E-state index contributed by atoms with van der Waals surface area (Å²) in [5.74, 6) is 0.482. The Kier molecular flexibility index (Phi) is 4.84. The van der Waals surface area contributed by atoms with Crippen LogP contribution in [-0.4, -0.2) is 29.3 Å². The quantitative estimate of drug-likeness (QED) is 0.439. The summed E-state index contributed by atoms with van der Waals surface area (Å²) in [4.78, 5) is 43.8. The first-order valence-electron chi connectivity index (χ1n) is 11.7. The third-order valence-corrected chi connectivity index (χ3v) is 8.57. The Labute approximate surface area is 201 Å². The molecule has 4 aliphatic carbocycles. The van der Waals surface area contributed by atoms with E-state index in [9.17, 15) is 14.4 Å². The Morgan fingerprint density at radius 1 is 0.970 bits per heavy atom. The largest absolute Gasteiger partial charge is 0.289 e. The topological polar surface area (TPSA) is 57.7 Å². The first-order chi connectivity index (χ1) is 16.0. The van der Waals surface area contributed by atoms with E-state index in [0.717, 1.165) is 28.6 Å². The van der Waals surface area contributed by atoms with Gasteiger partial charge in [0.15, 0.2) is 0 Å². The summed E-state index contributed by atoms with van der Waals surface area (Å²) in [5, 5.41) is 0. The molecule has 6 heteroatoms. The smallest absolute Gasteiger partial charge is 0.259 e. The fraction of sp³-hybridized carbons (Fsp3) is 0.370. The minimum absolute atomic E-state index is 0.0502.